The van der Waals surface area contributed by atoms with Gasteiger partial charge in [0.25, 0.3) is 10.0 Å². The highest BCUT2D eigenvalue weighted by Crippen LogP contribution is 2.25. The first-order valence-electron chi connectivity index (χ1n) is 10.1. The van der Waals surface area contributed by atoms with Crippen LogP contribution < -0.4 is 14.3 Å². The molecular weight excluding hydrogens is 542 g/mol. The van der Waals surface area contributed by atoms with Crippen molar-refractivity contribution in [2.75, 3.05) is 27.1 Å². The van der Waals surface area contributed by atoms with E-state index in [1.54, 1.807) is 24.3 Å². The lowest BCUT2D eigenvalue weighted by atomic mass is 10.1. The molecule has 1 amide bonds. The minimum Gasteiger partial charge on any atom is -0.325 e. The number of sulfonamides is 2. The van der Waals surface area contributed by atoms with E-state index in [0.717, 1.165) is 21.7 Å². The predicted molar refractivity (Wildman–Crippen MR) is 138 cm³/mol. The second-order valence-corrected chi connectivity index (χ2v) is 12.2. The predicted octanol–water partition coefficient (Wildman–Crippen LogP) is 4.27. The SMILES string of the molecule is Cc1cccc(C)c1NS(=O)(=O)c1ccc(NC(=O)CN(c2cccc(Br)c2)S(C)(=O)=O)cc1. The van der Waals surface area contributed by atoms with Gasteiger partial charge in [0.1, 0.15) is 6.54 Å². The molecule has 8 nitrogen and oxygen atoms in total. The number of aryl methyl sites for hydroxylation is 2. The van der Waals surface area contributed by atoms with E-state index >= 15 is 0 Å². The number of hydrogen-bond donors (Lipinski definition) is 2. The third-order valence-corrected chi connectivity index (χ3v) is 7.95. The molecule has 0 aliphatic carbocycles. The van der Waals surface area contributed by atoms with E-state index in [2.05, 4.69) is 26.0 Å². The Hall–Kier alpha value is -2.89. The van der Waals surface area contributed by atoms with Crippen LogP contribution in [0.15, 0.2) is 76.1 Å². The summed E-state index contributed by atoms with van der Waals surface area (Å²) >= 11 is 3.29. The lowest BCUT2D eigenvalue weighted by Gasteiger charge is -2.22. The Kier molecular flexibility index (Phi) is 7.69. The number of benzene rings is 3. The number of rotatable bonds is 8. The maximum atomic E-state index is 12.8. The van der Waals surface area contributed by atoms with Crippen molar-refractivity contribution in [3.8, 4) is 0 Å². The average Bonchev–Trinajstić information content (AvgIpc) is 2.74. The fourth-order valence-corrected chi connectivity index (χ4v) is 5.69. The highest BCUT2D eigenvalue weighted by Gasteiger charge is 2.22. The zero-order valence-electron chi connectivity index (χ0n) is 18.7. The van der Waals surface area contributed by atoms with E-state index in [4.69, 9.17) is 0 Å². The molecule has 0 aliphatic rings. The normalized spacial score (nSPS) is 11.6. The van der Waals surface area contributed by atoms with Crippen molar-refractivity contribution in [1.29, 1.82) is 0 Å². The van der Waals surface area contributed by atoms with Crippen LogP contribution in [0.25, 0.3) is 0 Å². The van der Waals surface area contributed by atoms with E-state index in [-0.39, 0.29) is 4.90 Å². The number of nitrogens with one attached hydrogen (secondary N) is 2. The molecule has 0 fully saturated rings. The van der Waals surface area contributed by atoms with Crippen molar-refractivity contribution in [3.63, 3.8) is 0 Å². The van der Waals surface area contributed by atoms with Gasteiger partial charge in [0.2, 0.25) is 15.9 Å². The molecule has 0 bridgehead atoms. The largest absolute Gasteiger partial charge is 0.325 e. The number of halogens is 1. The summed E-state index contributed by atoms with van der Waals surface area (Å²) in [4.78, 5) is 12.6. The highest BCUT2D eigenvalue weighted by atomic mass is 79.9. The quantitative estimate of drug-likeness (QED) is 0.423. The molecular formula is C23H24BrN3O5S2. The van der Waals surface area contributed by atoms with Crippen LogP contribution in [0.1, 0.15) is 11.1 Å². The van der Waals surface area contributed by atoms with E-state index in [0.29, 0.717) is 21.5 Å². The molecule has 180 valence electrons. The molecule has 0 atom stereocenters. The van der Waals surface area contributed by atoms with Crippen LogP contribution in [0.2, 0.25) is 0 Å². The van der Waals surface area contributed by atoms with E-state index in [1.807, 2.05) is 32.0 Å². The second-order valence-electron chi connectivity index (χ2n) is 7.69. The summed E-state index contributed by atoms with van der Waals surface area (Å²) in [7, 11) is -7.56. The molecule has 34 heavy (non-hydrogen) atoms. The molecule has 0 saturated heterocycles. The molecule has 0 spiro atoms. The van der Waals surface area contributed by atoms with Crippen molar-refractivity contribution in [2.24, 2.45) is 0 Å². The highest BCUT2D eigenvalue weighted by molar-refractivity contribution is 9.10. The van der Waals surface area contributed by atoms with Crippen LogP contribution in [0.3, 0.4) is 0 Å². The Balaban J connectivity index is 1.74. The average molecular weight is 566 g/mol. The lowest BCUT2D eigenvalue weighted by Crippen LogP contribution is -2.37. The van der Waals surface area contributed by atoms with Gasteiger partial charge in [-0.05, 0) is 67.4 Å². The van der Waals surface area contributed by atoms with Gasteiger partial charge in [-0.3, -0.25) is 13.8 Å². The number of amides is 1. The molecule has 0 radical (unpaired) electrons. The molecule has 0 unspecified atom stereocenters. The Morgan fingerprint density at radius 3 is 2.06 bits per heavy atom. The third-order valence-electron chi connectivity index (χ3n) is 4.95. The molecule has 0 saturated carbocycles. The number of para-hydroxylation sites is 1. The van der Waals surface area contributed by atoms with Crippen LogP contribution in [0, 0.1) is 13.8 Å². The summed E-state index contributed by atoms with van der Waals surface area (Å²) < 4.78 is 54.4. The molecule has 2 N–H and O–H groups in total. The monoisotopic (exact) mass is 565 g/mol. The van der Waals surface area contributed by atoms with Crippen LogP contribution in [-0.4, -0.2) is 35.5 Å². The number of hydrogen-bond acceptors (Lipinski definition) is 5. The number of carbonyl (C=O) groups excluding carboxylic acids is 1. The molecule has 0 heterocycles. The van der Waals surface area contributed by atoms with Gasteiger partial charge >= 0.3 is 0 Å². The van der Waals surface area contributed by atoms with Crippen molar-refractivity contribution >= 4 is 58.9 Å². The Labute approximate surface area is 208 Å². The third kappa shape index (κ3) is 6.37. The minimum absolute atomic E-state index is 0.0278. The van der Waals surface area contributed by atoms with E-state index < -0.39 is 32.5 Å². The van der Waals surface area contributed by atoms with Gasteiger partial charge < -0.3 is 5.32 Å². The Morgan fingerprint density at radius 2 is 1.50 bits per heavy atom. The van der Waals surface area contributed by atoms with Crippen molar-refractivity contribution in [3.05, 3.63) is 82.3 Å². The molecule has 3 rings (SSSR count). The van der Waals surface area contributed by atoms with Crippen molar-refractivity contribution in [2.45, 2.75) is 18.7 Å². The second kappa shape index (κ2) is 10.2. The summed E-state index contributed by atoms with van der Waals surface area (Å²) in [5.41, 5.74) is 2.79. The van der Waals surface area contributed by atoms with Crippen LogP contribution >= 0.6 is 15.9 Å². The standard InChI is InChI=1S/C23H24BrN3O5S2/c1-16-6-4-7-17(2)23(16)26-34(31,32)21-12-10-19(11-13-21)25-22(28)15-27(33(3,29)30)20-9-5-8-18(24)14-20/h4-14,26H,15H2,1-3H3,(H,25,28). The minimum atomic E-state index is -3.84. The first-order chi connectivity index (χ1) is 15.9. The molecule has 11 heteroatoms. The zero-order chi connectivity index (χ0) is 25.1. The first-order valence-corrected chi connectivity index (χ1v) is 14.2. The van der Waals surface area contributed by atoms with E-state index in [9.17, 15) is 21.6 Å². The first kappa shape index (κ1) is 25.7. The number of carbonyl (C=O) groups is 1. The maximum absolute atomic E-state index is 12.8. The summed E-state index contributed by atoms with van der Waals surface area (Å²) in [6.45, 7) is 3.19. The summed E-state index contributed by atoms with van der Waals surface area (Å²) in [6.07, 6.45) is 1.02. The van der Waals surface area contributed by atoms with Gasteiger partial charge in [0.05, 0.1) is 22.5 Å². The van der Waals surface area contributed by atoms with Crippen LogP contribution in [-0.2, 0) is 24.8 Å². The van der Waals surface area contributed by atoms with Gasteiger partial charge in [0, 0.05) is 10.2 Å². The maximum Gasteiger partial charge on any atom is 0.261 e. The summed E-state index contributed by atoms with van der Waals surface area (Å²) in [5, 5.41) is 2.60. The van der Waals surface area contributed by atoms with Gasteiger partial charge in [-0.25, -0.2) is 16.8 Å². The molecule has 3 aromatic rings. The molecule has 0 aromatic heterocycles. The zero-order valence-corrected chi connectivity index (χ0v) is 22.0. The number of anilines is 3. The van der Waals surface area contributed by atoms with Crippen LogP contribution in [0.5, 0.6) is 0 Å². The smallest absolute Gasteiger partial charge is 0.261 e. The van der Waals surface area contributed by atoms with Crippen molar-refractivity contribution < 1.29 is 21.6 Å². The Bertz CT molecular complexity index is 1400. The Morgan fingerprint density at radius 1 is 0.912 bits per heavy atom. The topological polar surface area (TPSA) is 113 Å². The number of nitrogens with zero attached hydrogens (tertiary/aromatic N) is 1. The van der Waals surface area contributed by atoms with Crippen LogP contribution in [0.4, 0.5) is 17.1 Å². The van der Waals surface area contributed by atoms with Gasteiger partial charge in [-0.1, -0.05) is 40.2 Å². The summed E-state index contributed by atoms with van der Waals surface area (Å²) in [5.74, 6) is -0.574. The lowest BCUT2D eigenvalue weighted by molar-refractivity contribution is -0.114. The fourth-order valence-electron chi connectivity index (χ4n) is 3.25. The van der Waals surface area contributed by atoms with Gasteiger partial charge in [-0.2, -0.15) is 0 Å². The fraction of sp³-hybridized carbons (Fsp3) is 0.174. The molecule has 0 aliphatic heterocycles. The van der Waals surface area contributed by atoms with Gasteiger partial charge in [-0.15, -0.1) is 0 Å². The van der Waals surface area contributed by atoms with Gasteiger partial charge in [0.15, 0.2) is 0 Å². The van der Waals surface area contributed by atoms with E-state index in [1.165, 1.54) is 24.3 Å². The van der Waals surface area contributed by atoms with Crippen molar-refractivity contribution in [1.82, 2.24) is 0 Å². The summed E-state index contributed by atoms with van der Waals surface area (Å²) in [6, 6.07) is 17.7. The molecule has 3 aromatic carbocycles.